The Hall–Kier alpha value is -1.98. The smallest absolute Gasteiger partial charge is 0.368 e. The first-order chi connectivity index (χ1) is 16.6. The van der Waals surface area contributed by atoms with Crippen LogP contribution in [0.2, 0.25) is 0 Å². The summed E-state index contributed by atoms with van der Waals surface area (Å²) in [5.74, 6) is 0. The normalized spacial score (nSPS) is 25.4. The lowest BCUT2D eigenvalue weighted by Crippen LogP contribution is -2.62. The van der Waals surface area contributed by atoms with Crippen LogP contribution in [0.4, 0.5) is 0 Å². The van der Waals surface area contributed by atoms with E-state index < -0.39 is 58.1 Å². The molecule has 2 aromatic carbocycles. The van der Waals surface area contributed by atoms with Gasteiger partial charge in [0, 0.05) is 7.11 Å². The van der Waals surface area contributed by atoms with Crippen LogP contribution in [0.1, 0.15) is 11.1 Å². The molecule has 0 aliphatic carbocycles. The zero-order valence-corrected chi connectivity index (χ0v) is 20.2. The molecule has 1 aliphatic heterocycles. The zero-order chi connectivity index (χ0) is 25.5. The highest BCUT2D eigenvalue weighted by atomic mass is 32.3. The lowest BCUT2D eigenvalue weighted by Gasteiger charge is -2.44. The number of hydrogen-bond donors (Lipinski definition) is 2. The molecule has 0 radical (unpaired) electrons. The second-order valence-electron chi connectivity index (χ2n) is 7.50. The lowest BCUT2D eigenvalue weighted by molar-refractivity contribution is -0.309. The molecule has 1 heterocycles. The van der Waals surface area contributed by atoms with Gasteiger partial charge >= 0.3 is 20.8 Å². The summed E-state index contributed by atoms with van der Waals surface area (Å²) in [5.41, 5.74) is 1.51. The fourth-order valence-electron chi connectivity index (χ4n) is 3.51. The van der Waals surface area contributed by atoms with Crippen LogP contribution >= 0.6 is 0 Å². The van der Waals surface area contributed by atoms with Crippen LogP contribution in [0.3, 0.4) is 0 Å². The molecular weight excluding hydrogens is 508 g/mol. The van der Waals surface area contributed by atoms with Gasteiger partial charge in [-0.15, -0.1) is 0 Å². The van der Waals surface area contributed by atoms with Crippen molar-refractivity contribution in [2.45, 2.75) is 43.9 Å². The highest BCUT2D eigenvalue weighted by molar-refractivity contribution is 7.81. The maximum atomic E-state index is 11.6. The minimum atomic E-state index is -5.06. The molecule has 2 N–H and O–H groups in total. The van der Waals surface area contributed by atoms with Crippen molar-refractivity contribution in [2.24, 2.45) is 0 Å². The van der Waals surface area contributed by atoms with E-state index in [-0.39, 0.29) is 13.2 Å². The Balaban J connectivity index is 1.92. The predicted molar refractivity (Wildman–Crippen MR) is 120 cm³/mol. The van der Waals surface area contributed by atoms with Crippen molar-refractivity contribution in [3.05, 3.63) is 71.8 Å². The van der Waals surface area contributed by atoms with Gasteiger partial charge in [-0.05, 0) is 11.1 Å². The summed E-state index contributed by atoms with van der Waals surface area (Å²) in [6.45, 7) is -0.829. The molecule has 0 bridgehead atoms. The molecule has 2 aromatic rings. The van der Waals surface area contributed by atoms with Crippen LogP contribution in [0.25, 0.3) is 0 Å². The number of hydrogen-bond acceptors (Lipinski definition) is 10. The van der Waals surface area contributed by atoms with Crippen molar-refractivity contribution in [3.63, 3.8) is 0 Å². The molecule has 5 atom stereocenters. The van der Waals surface area contributed by atoms with Crippen molar-refractivity contribution in [2.75, 3.05) is 13.7 Å². The Morgan fingerprint density at radius 2 is 1.29 bits per heavy atom. The molecule has 14 heteroatoms. The molecule has 35 heavy (non-hydrogen) atoms. The van der Waals surface area contributed by atoms with Gasteiger partial charge in [-0.25, -0.2) is 8.37 Å². The summed E-state index contributed by atoms with van der Waals surface area (Å²) in [4.78, 5) is 0. The van der Waals surface area contributed by atoms with E-state index in [9.17, 15) is 21.4 Å². The third-order valence-corrected chi connectivity index (χ3v) is 5.91. The predicted octanol–water partition coefficient (Wildman–Crippen LogP) is 1.54. The number of ether oxygens (including phenoxy) is 4. The van der Waals surface area contributed by atoms with Gasteiger partial charge in [0.05, 0.1) is 19.8 Å². The lowest BCUT2D eigenvalue weighted by atomic mass is 9.98. The van der Waals surface area contributed by atoms with Crippen molar-refractivity contribution < 1.29 is 53.3 Å². The second kappa shape index (κ2) is 12.3. The molecule has 1 aliphatic rings. The van der Waals surface area contributed by atoms with Crippen molar-refractivity contribution in [3.8, 4) is 0 Å². The molecule has 0 aromatic heterocycles. The second-order valence-corrected chi connectivity index (χ2v) is 9.64. The van der Waals surface area contributed by atoms with Crippen LogP contribution in [-0.2, 0) is 61.3 Å². The molecule has 1 saturated heterocycles. The third-order valence-electron chi connectivity index (χ3n) is 5.01. The van der Waals surface area contributed by atoms with E-state index in [4.69, 9.17) is 27.7 Å². The highest BCUT2D eigenvalue weighted by Gasteiger charge is 2.50. The Kier molecular flexibility index (Phi) is 9.71. The number of rotatable bonds is 12. The van der Waals surface area contributed by atoms with Gasteiger partial charge in [0.15, 0.2) is 6.29 Å². The minimum absolute atomic E-state index is 0.0235. The zero-order valence-electron chi connectivity index (χ0n) is 18.6. The molecule has 0 unspecified atom stereocenters. The van der Waals surface area contributed by atoms with Crippen LogP contribution in [-0.4, -0.2) is 70.4 Å². The maximum absolute atomic E-state index is 11.6. The molecular formula is C21H26O12S2. The van der Waals surface area contributed by atoms with Crippen LogP contribution in [0.5, 0.6) is 0 Å². The first kappa shape index (κ1) is 27.6. The summed E-state index contributed by atoms with van der Waals surface area (Å²) in [7, 11) is -8.68. The average molecular weight is 535 g/mol. The SMILES string of the molecule is CO[C@@H]1O[C@H](COS(=O)(=O)O)[C@@H](OS(=O)(=O)O)[C@H](OCc2ccccc2)[C@H]1OCc1ccccc1. The van der Waals surface area contributed by atoms with Crippen molar-refractivity contribution in [1.82, 2.24) is 0 Å². The van der Waals surface area contributed by atoms with Crippen LogP contribution < -0.4 is 0 Å². The largest absolute Gasteiger partial charge is 0.397 e. The standard InChI is InChI=1S/C21H26O12S2/c1-28-21-20(30-13-16-10-6-3-7-11-16)19(29-12-15-8-4-2-5-9-15)18(33-35(25,26)27)17(32-21)14-31-34(22,23)24/h2-11,17-21H,12-14H2,1H3,(H,22,23,24)(H,25,26,27)/t17-,18-,19+,20-,21-/m1/s1. The maximum Gasteiger partial charge on any atom is 0.397 e. The third kappa shape index (κ3) is 8.88. The van der Waals surface area contributed by atoms with E-state index in [2.05, 4.69) is 4.18 Å². The van der Waals surface area contributed by atoms with Gasteiger partial charge in [-0.2, -0.15) is 16.8 Å². The summed E-state index contributed by atoms with van der Waals surface area (Å²) in [5, 5.41) is 0. The molecule has 0 saturated carbocycles. The van der Waals surface area contributed by atoms with Crippen molar-refractivity contribution >= 4 is 20.8 Å². The van der Waals surface area contributed by atoms with Crippen molar-refractivity contribution in [1.29, 1.82) is 0 Å². The molecule has 12 nitrogen and oxygen atoms in total. The van der Waals surface area contributed by atoms with Gasteiger partial charge in [-0.1, -0.05) is 60.7 Å². The van der Waals surface area contributed by atoms with Gasteiger partial charge < -0.3 is 18.9 Å². The van der Waals surface area contributed by atoms with Gasteiger partial charge in [0.2, 0.25) is 0 Å². The van der Waals surface area contributed by atoms with E-state index in [1.807, 2.05) is 6.07 Å². The Morgan fingerprint density at radius 3 is 1.74 bits per heavy atom. The highest BCUT2D eigenvalue weighted by Crippen LogP contribution is 2.31. The topological polar surface area (TPSA) is 164 Å². The Labute approximate surface area is 203 Å². The summed E-state index contributed by atoms with van der Waals surface area (Å²) in [6, 6.07) is 17.9. The molecule has 194 valence electrons. The quantitative estimate of drug-likeness (QED) is 0.378. The first-order valence-corrected chi connectivity index (χ1v) is 13.1. The molecule has 1 fully saturated rings. The van der Waals surface area contributed by atoms with Crippen LogP contribution in [0, 0.1) is 0 Å². The number of methoxy groups -OCH3 is 1. The monoisotopic (exact) mass is 534 g/mol. The van der Waals surface area contributed by atoms with E-state index in [1.165, 1.54) is 7.11 Å². The summed E-state index contributed by atoms with van der Waals surface area (Å²) >= 11 is 0. The van der Waals surface area contributed by atoms with Gasteiger partial charge in [-0.3, -0.25) is 9.11 Å². The molecule has 0 spiro atoms. The first-order valence-electron chi connectivity index (χ1n) is 10.3. The molecule has 3 rings (SSSR count). The van der Waals surface area contributed by atoms with Crippen LogP contribution in [0.15, 0.2) is 60.7 Å². The average Bonchev–Trinajstić information content (AvgIpc) is 2.81. The summed E-state index contributed by atoms with van der Waals surface area (Å²) in [6.07, 6.45) is -6.63. The number of benzene rings is 2. The fraction of sp³-hybridized carbons (Fsp3) is 0.429. The minimum Gasteiger partial charge on any atom is -0.368 e. The van der Waals surface area contributed by atoms with E-state index in [0.29, 0.717) is 0 Å². The summed E-state index contributed by atoms with van der Waals surface area (Å²) < 4.78 is 96.0. The van der Waals surface area contributed by atoms with E-state index in [1.54, 1.807) is 54.6 Å². The Bertz CT molecular complexity index is 1130. The van der Waals surface area contributed by atoms with E-state index >= 15 is 0 Å². The van der Waals surface area contributed by atoms with E-state index in [0.717, 1.165) is 11.1 Å². The van der Waals surface area contributed by atoms with Gasteiger partial charge in [0.25, 0.3) is 0 Å². The molecule has 0 amide bonds. The fourth-order valence-corrected chi connectivity index (χ4v) is 4.33. The Morgan fingerprint density at radius 1 is 0.771 bits per heavy atom. The van der Waals surface area contributed by atoms with Gasteiger partial charge in [0.1, 0.15) is 24.4 Å².